The molecule has 1 unspecified atom stereocenters. The number of nitrogens with zero attached hydrogens (tertiary/aromatic N) is 2. The van der Waals surface area contributed by atoms with E-state index >= 15 is 0 Å². The molecule has 0 spiro atoms. The van der Waals surface area contributed by atoms with Crippen LogP contribution in [0.25, 0.3) is 0 Å². The summed E-state index contributed by atoms with van der Waals surface area (Å²) in [7, 11) is 1.72. The average Bonchev–Trinajstić information content (AvgIpc) is 2.69. The Bertz CT molecular complexity index is 468. The third-order valence-electron chi connectivity index (χ3n) is 3.79. The summed E-state index contributed by atoms with van der Waals surface area (Å²) in [5, 5.41) is 4.22. The van der Waals surface area contributed by atoms with E-state index in [2.05, 4.69) is 5.10 Å². The maximum atomic E-state index is 13.3. The van der Waals surface area contributed by atoms with Gasteiger partial charge >= 0.3 is 0 Å². The largest absolute Gasteiger partial charge is 0.292 e. The Balaban J connectivity index is 2.02. The number of hydrogen-bond acceptors (Lipinski definition) is 2. The van der Waals surface area contributed by atoms with Crippen molar-refractivity contribution in [3.05, 3.63) is 17.5 Å². The minimum absolute atomic E-state index is 0.0383. The highest BCUT2D eigenvalue weighted by molar-refractivity contribution is 5.94. The molecule has 3 nitrogen and oxygen atoms in total. The number of alkyl halides is 2. The number of aromatic nitrogens is 2. The fourth-order valence-corrected chi connectivity index (χ4v) is 2.78. The lowest BCUT2D eigenvalue weighted by atomic mass is 9.83. The first kappa shape index (κ1) is 14.2. The molecule has 0 amide bonds. The molecule has 0 aliphatic heterocycles. The Morgan fingerprint density at radius 3 is 2.89 bits per heavy atom. The van der Waals surface area contributed by atoms with Crippen LogP contribution in [-0.4, -0.2) is 21.5 Å². The van der Waals surface area contributed by atoms with Crippen LogP contribution in [0, 0.1) is 5.92 Å². The van der Waals surface area contributed by atoms with Crippen LogP contribution in [0.3, 0.4) is 0 Å². The number of rotatable bonds is 4. The van der Waals surface area contributed by atoms with Crippen molar-refractivity contribution in [3.8, 4) is 0 Å². The summed E-state index contributed by atoms with van der Waals surface area (Å²) in [6.45, 7) is 1.97. The van der Waals surface area contributed by atoms with Crippen LogP contribution >= 0.6 is 0 Å². The van der Waals surface area contributed by atoms with Crippen LogP contribution in [0.4, 0.5) is 8.78 Å². The fourth-order valence-electron chi connectivity index (χ4n) is 2.78. The number of Topliss-reactive ketones (excluding diaryl/α,β-unsaturated/α-hetero) is 1. The van der Waals surface area contributed by atoms with Crippen LogP contribution < -0.4 is 0 Å². The molecule has 1 fully saturated rings. The Labute approximate surface area is 112 Å². The Morgan fingerprint density at radius 2 is 2.32 bits per heavy atom. The molecule has 0 bridgehead atoms. The molecule has 0 aromatic carbocycles. The SMILES string of the molecule is CCc1cc(C(=O)CC2CCCC(F)(F)C2)n(C)n1. The van der Waals surface area contributed by atoms with Gasteiger partial charge in [0.25, 0.3) is 0 Å². The smallest absolute Gasteiger partial charge is 0.248 e. The maximum Gasteiger partial charge on any atom is 0.248 e. The van der Waals surface area contributed by atoms with E-state index in [0.717, 1.165) is 18.5 Å². The van der Waals surface area contributed by atoms with Gasteiger partial charge in [0.1, 0.15) is 5.69 Å². The molecule has 106 valence electrons. The van der Waals surface area contributed by atoms with Gasteiger partial charge in [-0.25, -0.2) is 8.78 Å². The summed E-state index contributed by atoms with van der Waals surface area (Å²) in [4.78, 5) is 12.2. The minimum Gasteiger partial charge on any atom is -0.292 e. The van der Waals surface area contributed by atoms with Crippen molar-refractivity contribution >= 4 is 5.78 Å². The molecule has 1 aliphatic carbocycles. The van der Waals surface area contributed by atoms with Crippen LogP contribution in [0.1, 0.15) is 55.2 Å². The van der Waals surface area contributed by atoms with E-state index in [0.29, 0.717) is 12.1 Å². The lowest BCUT2D eigenvalue weighted by Crippen LogP contribution is -2.27. The van der Waals surface area contributed by atoms with E-state index in [4.69, 9.17) is 0 Å². The van der Waals surface area contributed by atoms with Gasteiger partial charge in [-0.1, -0.05) is 6.92 Å². The number of carbonyl (C=O) groups is 1. The second-order valence-electron chi connectivity index (χ2n) is 5.44. The highest BCUT2D eigenvalue weighted by atomic mass is 19.3. The van der Waals surface area contributed by atoms with E-state index in [9.17, 15) is 13.6 Å². The average molecular weight is 270 g/mol. The summed E-state index contributed by atoms with van der Waals surface area (Å²) >= 11 is 0. The third-order valence-corrected chi connectivity index (χ3v) is 3.79. The molecule has 2 rings (SSSR count). The Morgan fingerprint density at radius 1 is 1.58 bits per heavy atom. The molecule has 1 saturated carbocycles. The van der Waals surface area contributed by atoms with Crippen molar-refractivity contribution in [2.24, 2.45) is 13.0 Å². The summed E-state index contributed by atoms with van der Waals surface area (Å²) in [6, 6.07) is 1.77. The molecule has 1 aromatic rings. The van der Waals surface area contributed by atoms with Gasteiger partial charge < -0.3 is 0 Å². The third kappa shape index (κ3) is 3.39. The van der Waals surface area contributed by atoms with Crippen LogP contribution in [-0.2, 0) is 13.5 Å². The number of aryl methyl sites for hydroxylation is 2. The number of carbonyl (C=O) groups excluding carboxylic acids is 1. The molecule has 0 radical (unpaired) electrons. The number of ketones is 1. The van der Waals surface area contributed by atoms with Crippen LogP contribution in [0.15, 0.2) is 6.07 Å². The van der Waals surface area contributed by atoms with E-state index < -0.39 is 5.92 Å². The maximum absolute atomic E-state index is 13.3. The summed E-state index contributed by atoms with van der Waals surface area (Å²) in [5.74, 6) is -2.86. The summed E-state index contributed by atoms with van der Waals surface area (Å²) in [6.07, 6.45) is 2.01. The van der Waals surface area contributed by atoms with Crippen molar-refractivity contribution in [3.63, 3.8) is 0 Å². The predicted octanol–water partition coefficient (Wildman–Crippen LogP) is 3.38. The number of halogens is 2. The molecular weight excluding hydrogens is 250 g/mol. The van der Waals surface area contributed by atoms with Crippen LogP contribution in [0.2, 0.25) is 0 Å². The summed E-state index contributed by atoms with van der Waals surface area (Å²) < 4.78 is 28.2. The predicted molar refractivity (Wildman–Crippen MR) is 68.4 cm³/mol. The van der Waals surface area contributed by atoms with Crippen molar-refractivity contribution in [2.45, 2.75) is 51.4 Å². The van der Waals surface area contributed by atoms with Gasteiger partial charge in [0.15, 0.2) is 5.78 Å². The van der Waals surface area contributed by atoms with Crippen LogP contribution in [0.5, 0.6) is 0 Å². The highest BCUT2D eigenvalue weighted by Gasteiger charge is 2.37. The fraction of sp³-hybridized carbons (Fsp3) is 0.714. The van der Waals surface area contributed by atoms with Gasteiger partial charge in [0.2, 0.25) is 5.92 Å². The lowest BCUT2D eigenvalue weighted by molar-refractivity contribution is -0.0521. The molecule has 1 heterocycles. The highest BCUT2D eigenvalue weighted by Crippen LogP contribution is 2.38. The molecular formula is C14H20F2N2O. The molecule has 0 saturated heterocycles. The second kappa shape index (κ2) is 5.39. The molecule has 1 atom stereocenters. The zero-order valence-corrected chi connectivity index (χ0v) is 11.5. The quantitative estimate of drug-likeness (QED) is 0.786. The monoisotopic (exact) mass is 270 g/mol. The van der Waals surface area contributed by atoms with E-state index in [1.165, 1.54) is 0 Å². The zero-order valence-electron chi connectivity index (χ0n) is 11.5. The van der Waals surface area contributed by atoms with Gasteiger partial charge in [-0.3, -0.25) is 9.48 Å². The van der Waals surface area contributed by atoms with Gasteiger partial charge in [0, 0.05) is 26.3 Å². The molecule has 1 aromatic heterocycles. The van der Waals surface area contributed by atoms with Gasteiger partial charge in [-0.05, 0) is 31.2 Å². The van der Waals surface area contributed by atoms with E-state index in [1.54, 1.807) is 17.8 Å². The van der Waals surface area contributed by atoms with Crippen molar-refractivity contribution in [1.29, 1.82) is 0 Å². The Hall–Kier alpha value is -1.26. The molecule has 1 aliphatic rings. The van der Waals surface area contributed by atoms with Gasteiger partial charge in [-0.15, -0.1) is 0 Å². The molecule has 5 heteroatoms. The first-order valence-corrected chi connectivity index (χ1v) is 6.85. The minimum atomic E-state index is -2.59. The van der Waals surface area contributed by atoms with E-state index in [-0.39, 0.29) is 31.0 Å². The first-order chi connectivity index (χ1) is 8.91. The summed E-state index contributed by atoms with van der Waals surface area (Å²) in [5.41, 5.74) is 1.39. The Kier molecular flexibility index (Phi) is 4.02. The van der Waals surface area contributed by atoms with Crippen molar-refractivity contribution < 1.29 is 13.6 Å². The van der Waals surface area contributed by atoms with E-state index in [1.807, 2.05) is 6.92 Å². The first-order valence-electron chi connectivity index (χ1n) is 6.85. The zero-order chi connectivity index (χ0) is 14.0. The lowest BCUT2D eigenvalue weighted by Gasteiger charge is -2.28. The van der Waals surface area contributed by atoms with Gasteiger partial charge in [-0.2, -0.15) is 5.10 Å². The van der Waals surface area contributed by atoms with Gasteiger partial charge in [0.05, 0.1) is 5.69 Å². The number of hydrogen-bond donors (Lipinski definition) is 0. The second-order valence-corrected chi connectivity index (χ2v) is 5.44. The normalized spacial score (nSPS) is 22.4. The topological polar surface area (TPSA) is 34.9 Å². The standard InChI is InChI=1S/C14H20F2N2O/c1-3-11-8-12(18(2)17-11)13(19)7-10-5-4-6-14(15,16)9-10/h8,10H,3-7,9H2,1-2H3. The van der Waals surface area contributed by atoms with Crippen molar-refractivity contribution in [2.75, 3.05) is 0 Å². The molecule has 19 heavy (non-hydrogen) atoms. The van der Waals surface area contributed by atoms with Crippen molar-refractivity contribution in [1.82, 2.24) is 9.78 Å². The molecule has 0 N–H and O–H groups in total.